The third-order valence-corrected chi connectivity index (χ3v) is 3.14. The van der Waals surface area contributed by atoms with Crippen LogP contribution in [-0.4, -0.2) is 17.1 Å². The van der Waals surface area contributed by atoms with Gasteiger partial charge in [-0.1, -0.05) is 0 Å². The van der Waals surface area contributed by atoms with Gasteiger partial charge in [-0.05, 0) is 19.3 Å². The maximum absolute atomic E-state index is 11.0. The third-order valence-electron chi connectivity index (χ3n) is 3.14. The van der Waals surface area contributed by atoms with E-state index in [-0.39, 0.29) is 23.0 Å². The van der Waals surface area contributed by atoms with E-state index in [9.17, 15) is 4.79 Å². The highest BCUT2D eigenvalue weighted by molar-refractivity contribution is 5.84. The summed E-state index contributed by atoms with van der Waals surface area (Å²) in [4.78, 5) is 11.0. The number of carbonyl (C=O) groups excluding carboxylic acids is 1. The lowest BCUT2D eigenvalue weighted by Crippen LogP contribution is -2.38. The molecule has 0 aromatic carbocycles. The quantitative estimate of drug-likeness (QED) is 0.472. The van der Waals surface area contributed by atoms with E-state index in [1.165, 1.54) is 0 Å². The zero-order valence-corrected chi connectivity index (χ0v) is 5.59. The Hall–Kier alpha value is -0.570. The summed E-state index contributed by atoms with van der Waals surface area (Å²) in [5.41, 5.74) is 5.52. The van der Waals surface area contributed by atoms with Crippen molar-refractivity contribution in [3.05, 3.63) is 0 Å². The van der Waals surface area contributed by atoms with E-state index in [0.717, 1.165) is 19.3 Å². The van der Waals surface area contributed by atoms with E-state index in [1.54, 1.807) is 0 Å². The summed E-state index contributed by atoms with van der Waals surface area (Å²) >= 11 is 0. The van der Waals surface area contributed by atoms with Crippen molar-refractivity contribution in [3.63, 3.8) is 0 Å². The predicted molar refractivity (Wildman–Crippen MR) is 33.1 cm³/mol. The average molecular weight is 139 g/mol. The maximum Gasteiger partial charge on any atom is 0.311 e. The van der Waals surface area contributed by atoms with Crippen LogP contribution in [0.25, 0.3) is 0 Å². The Morgan fingerprint density at radius 2 is 2.30 bits per heavy atom. The van der Waals surface area contributed by atoms with Gasteiger partial charge in [-0.25, -0.2) is 0 Å². The van der Waals surface area contributed by atoms with Crippen molar-refractivity contribution in [2.45, 2.75) is 30.4 Å². The molecule has 0 aromatic heterocycles. The number of nitrogens with two attached hydrogens (primary N) is 1. The summed E-state index contributed by atoms with van der Waals surface area (Å²) in [5, 5.41) is 0. The molecule has 0 bridgehead atoms. The molecule has 10 heavy (non-hydrogen) atoms. The summed E-state index contributed by atoms with van der Waals surface area (Å²) in [6.07, 6.45) is 2.85. The SMILES string of the molecule is NC12CC1C(=O)OC21CC1. The molecule has 2 atom stereocenters. The first kappa shape index (κ1) is 5.13. The van der Waals surface area contributed by atoms with Crippen LogP contribution in [0, 0.1) is 5.92 Å². The molecule has 2 N–H and O–H groups in total. The Morgan fingerprint density at radius 3 is 2.50 bits per heavy atom. The highest BCUT2D eigenvalue weighted by Gasteiger charge is 2.79. The average Bonchev–Trinajstić information content (AvgIpc) is 2.66. The number of fused-ring (bicyclic) bond motifs is 2. The fourth-order valence-electron chi connectivity index (χ4n) is 2.12. The third kappa shape index (κ3) is 0.311. The van der Waals surface area contributed by atoms with Gasteiger partial charge in [-0.15, -0.1) is 0 Å². The molecule has 0 aromatic rings. The highest BCUT2D eigenvalue weighted by Crippen LogP contribution is 2.66. The molecule has 3 nitrogen and oxygen atoms in total. The second-order valence-electron chi connectivity index (χ2n) is 3.71. The van der Waals surface area contributed by atoms with Crippen molar-refractivity contribution in [2.75, 3.05) is 0 Å². The highest BCUT2D eigenvalue weighted by atomic mass is 16.6. The van der Waals surface area contributed by atoms with Gasteiger partial charge in [-0.2, -0.15) is 0 Å². The van der Waals surface area contributed by atoms with Crippen LogP contribution in [0.4, 0.5) is 0 Å². The lowest BCUT2D eigenvalue weighted by molar-refractivity contribution is -0.146. The topological polar surface area (TPSA) is 52.3 Å². The molecule has 1 heterocycles. The van der Waals surface area contributed by atoms with Crippen LogP contribution < -0.4 is 5.73 Å². The van der Waals surface area contributed by atoms with Gasteiger partial charge in [0.25, 0.3) is 0 Å². The first-order chi connectivity index (χ1) is 4.68. The van der Waals surface area contributed by atoms with Gasteiger partial charge in [0.2, 0.25) is 0 Å². The number of ether oxygens (including phenoxy) is 1. The van der Waals surface area contributed by atoms with Gasteiger partial charge in [-0.3, -0.25) is 4.79 Å². The molecular formula is C7H9NO2. The monoisotopic (exact) mass is 139 g/mol. The molecule has 2 saturated carbocycles. The Bertz CT molecular complexity index is 234. The second kappa shape index (κ2) is 1.01. The minimum atomic E-state index is -0.232. The van der Waals surface area contributed by atoms with E-state index >= 15 is 0 Å². The molecule has 0 amide bonds. The largest absolute Gasteiger partial charge is 0.457 e. The van der Waals surface area contributed by atoms with E-state index in [2.05, 4.69) is 0 Å². The molecule has 1 aliphatic heterocycles. The summed E-state index contributed by atoms with van der Waals surface area (Å²) in [6, 6.07) is 0. The van der Waals surface area contributed by atoms with Gasteiger partial charge >= 0.3 is 5.97 Å². The van der Waals surface area contributed by atoms with Crippen molar-refractivity contribution in [2.24, 2.45) is 11.7 Å². The van der Waals surface area contributed by atoms with Crippen LogP contribution in [0.3, 0.4) is 0 Å². The molecule has 3 fully saturated rings. The van der Waals surface area contributed by atoms with Crippen molar-refractivity contribution in [3.8, 4) is 0 Å². The smallest absolute Gasteiger partial charge is 0.311 e. The van der Waals surface area contributed by atoms with Gasteiger partial charge in [0, 0.05) is 0 Å². The molecule has 1 saturated heterocycles. The number of carbonyl (C=O) groups is 1. The van der Waals surface area contributed by atoms with Gasteiger partial charge in [0.05, 0.1) is 11.5 Å². The van der Waals surface area contributed by atoms with Gasteiger partial charge < -0.3 is 10.5 Å². The first-order valence-electron chi connectivity index (χ1n) is 3.70. The Balaban J connectivity index is 2.08. The van der Waals surface area contributed by atoms with Crippen LogP contribution >= 0.6 is 0 Å². The van der Waals surface area contributed by atoms with Crippen molar-refractivity contribution in [1.82, 2.24) is 0 Å². The fourth-order valence-corrected chi connectivity index (χ4v) is 2.12. The number of esters is 1. The van der Waals surface area contributed by atoms with Crippen LogP contribution in [0.1, 0.15) is 19.3 Å². The summed E-state index contributed by atoms with van der Waals surface area (Å²) in [7, 11) is 0. The molecule has 54 valence electrons. The van der Waals surface area contributed by atoms with Crippen LogP contribution in [0.5, 0.6) is 0 Å². The standard InChI is InChI=1S/C7H9NO2/c8-7-3-4(7)5(9)10-6(7)1-2-6/h4H,1-3,8H2. The second-order valence-corrected chi connectivity index (χ2v) is 3.71. The first-order valence-corrected chi connectivity index (χ1v) is 3.70. The summed E-state index contributed by atoms with van der Waals surface area (Å²) < 4.78 is 5.16. The summed E-state index contributed by atoms with van der Waals surface area (Å²) in [5.74, 6) is -0.00463. The van der Waals surface area contributed by atoms with Gasteiger partial charge in [0.1, 0.15) is 5.60 Å². The minimum Gasteiger partial charge on any atom is -0.457 e. The van der Waals surface area contributed by atoms with Crippen LogP contribution in [-0.2, 0) is 9.53 Å². The molecule has 0 radical (unpaired) electrons. The Morgan fingerprint density at radius 1 is 1.60 bits per heavy atom. The zero-order chi connectivity index (χ0) is 6.98. The van der Waals surface area contributed by atoms with E-state index in [1.807, 2.05) is 0 Å². The van der Waals surface area contributed by atoms with E-state index < -0.39 is 0 Å². The summed E-state index contributed by atoms with van der Waals surface area (Å²) in [6.45, 7) is 0. The maximum atomic E-state index is 11.0. The normalized spacial score (nSPS) is 52.5. The Kier molecular flexibility index (Phi) is 0.520. The number of hydrogen-bond donors (Lipinski definition) is 1. The molecule has 3 aliphatic rings. The molecule has 3 rings (SSSR count). The van der Waals surface area contributed by atoms with Crippen LogP contribution in [0.15, 0.2) is 0 Å². The number of rotatable bonds is 0. The van der Waals surface area contributed by atoms with Crippen molar-refractivity contribution in [1.29, 1.82) is 0 Å². The molecule has 2 aliphatic carbocycles. The lowest BCUT2D eigenvalue weighted by atomic mass is 10.1. The molecular weight excluding hydrogens is 130 g/mol. The molecule has 1 spiro atoms. The molecule has 3 heteroatoms. The van der Waals surface area contributed by atoms with E-state index in [0.29, 0.717) is 0 Å². The zero-order valence-electron chi connectivity index (χ0n) is 5.59. The van der Waals surface area contributed by atoms with Crippen LogP contribution in [0.2, 0.25) is 0 Å². The van der Waals surface area contributed by atoms with Gasteiger partial charge in [0.15, 0.2) is 0 Å². The Labute approximate surface area is 58.5 Å². The predicted octanol–water partition coefficient (Wildman–Crippen LogP) is -0.207. The minimum absolute atomic E-state index is 0.0509. The molecule has 2 unspecified atom stereocenters. The van der Waals surface area contributed by atoms with E-state index in [4.69, 9.17) is 10.5 Å². The lowest BCUT2D eigenvalue weighted by Gasteiger charge is -2.15. The fraction of sp³-hybridized carbons (Fsp3) is 0.857. The van der Waals surface area contributed by atoms with Crippen molar-refractivity contribution < 1.29 is 9.53 Å². The number of hydrogen-bond acceptors (Lipinski definition) is 3. The van der Waals surface area contributed by atoms with Crippen molar-refractivity contribution >= 4 is 5.97 Å².